The van der Waals surface area contributed by atoms with Gasteiger partial charge in [-0.1, -0.05) is 77.8 Å². The zero-order valence-electron chi connectivity index (χ0n) is 20.0. The molecular formula is C27H30Cl2N2O3. The van der Waals surface area contributed by atoms with E-state index < -0.39 is 22.9 Å². The van der Waals surface area contributed by atoms with Gasteiger partial charge in [-0.05, 0) is 55.5 Å². The topological polar surface area (TPSA) is 69.6 Å². The number of alkyl halides is 1. The molecule has 3 unspecified atom stereocenters. The van der Waals surface area contributed by atoms with Gasteiger partial charge in [0.05, 0.1) is 5.57 Å². The van der Waals surface area contributed by atoms with Gasteiger partial charge in [0.15, 0.2) is 0 Å². The van der Waals surface area contributed by atoms with Gasteiger partial charge in [-0.25, -0.2) is 4.79 Å². The molecule has 0 aliphatic heterocycles. The number of carboxylic acids is 1. The minimum atomic E-state index is -1.25. The van der Waals surface area contributed by atoms with Gasteiger partial charge in [0, 0.05) is 24.5 Å². The lowest BCUT2D eigenvalue weighted by molar-refractivity contribution is -0.147. The Morgan fingerprint density at radius 1 is 1.09 bits per heavy atom. The van der Waals surface area contributed by atoms with Crippen molar-refractivity contribution in [2.45, 2.75) is 51.2 Å². The molecule has 1 aliphatic rings. The Morgan fingerprint density at radius 2 is 1.68 bits per heavy atom. The third-order valence-corrected chi connectivity index (χ3v) is 7.39. The monoisotopic (exact) mass is 500 g/mol. The van der Waals surface area contributed by atoms with Crippen LogP contribution in [0.15, 0.2) is 60.2 Å². The lowest BCUT2D eigenvalue weighted by atomic mass is 9.87. The molecule has 0 aromatic heterocycles. The molecule has 3 rings (SSSR count). The summed E-state index contributed by atoms with van der Waals surface area (Å²) in [6.07, 6.45) is 3.93. The molecule has 1 aliphatic carbocycles. The highest BCUT2D eigenvalue weighted by molar-refractivity contribution is 6.32. The number of carbonyl (C=O) groups excluding carboxylic acids is 1. The summed E-state index contributed by atoms with van der Waals surface area (Å²) in [5, 5.41) is 13.6. The minimum absolute atomic E-state index is 0.208. The van der Waals surface area contributed by atoms with Gasteiger partial charge in [-0.15, -0.1) is 0 Å². The zero-order valence-corrected chi connectivity index (χ0v) is 21.5. The number of nitrogens with one attached hydrogen (secondary N) is 1. The molecule has 7 heteroatoms. The molecule has 2 aromatic rings. The number of carboxylic acid groups (broad SMARTS) is 1. The van der Waals surface area contributed by atoms with Crippen LogP contribution in [0, 0.1) is 13.8 Å². The number of benzene rings is 2. The van der Waals surface area contributed by atoms with Gasteiger partial charge in [-0.2, -0.15) is 0 Å². The number of likely N-dealkylation sites (N-methyl/N-ethyl adjacent to an activating group) is 1. The fourth-order valence-corrected chi connectivity index (χ4v) is 4.70. The highest BCUT2D eigenvalue weighted by Crippen LogP contribution is 2.40. The smallest absolute Gasteiger partial charge is 0.326 e. The molecule has 180 valence electrons. The van der Waals surface area contributed by atoms with Crippen molar-refractivity contribution in [2.24, 2.45) is 0 Å². The summed E-state index contributed by atoms with van der Waals surface area (Å²) in [7, 11) is 1.48. The number of rotatable bonds is 7. The summed E-state index contributed by atoms with van der Waals surface area (Å²) in [4.78, 5) is 24.9. The maximum atomic E-state index is 13.4. The molecule has 0 bridgehead atoms. The normalized spacial score (nSPS) is 19.6. The van der Waals surface area contributed by atoms with Crippen molar-refractivity contribution < 1.29 is 14.7 Å². The first-order valence-electron chi connectivity index (χ1n) is 11.1. The van der Waals surface area contributed by atoms with Crippen LogP contribution >= 0.6 is 23.2 Å². The van der Waals surface area contributed by atoms with Crippen LogP contribution in [-0.2, 0) is 9.59 Å². The van der Waals surface area contributed by atoms with E-state index in [1.54, 1.807) is 6.08 Å². The molecule has 0 heterocycles. The Balaban J connectivity index is 2.01. The standard InChI is InChI=1S/C27H30Cl2N2O3/c1-16-13-22(14-17(2)24(16)28)18(3)30-27(29)15-21(20-9-7-6-8-10-20)11-12-23(27)25(32)31(5)19(4)26(33)34/h6-14,18-19,30H,15H2,1-5H3,(H,33,34). The number of nitrogens with zero attached hydrogens (tertiary/aromatic N) is 1. The summed E-state index contributed by atoms with van der Waals surface area (Å²) >= 11 is 13.6. The second-order valence-corrected chi connectivity index (χ2v) is 9.90. The van der Waals surface area contributed by atoms with Gasteiger partial charge in [0.25, 0.3) is 5.91 Å². The first-order valence-corrected chi connectivity index (χ1v) is 11.9. The number of halogens is 2. The third kappa shape index (κ3) is 5.38. The van der Waals surface area contributed by atoms with E-state index in [2.05, 4.69) is 5.32 Å². The van der Waals surface area contributed by atoms with E-state index in [4.69, 9.17) is 23.2 Å². The highest BCUT2D eigenvalue weighted by atomic mass is 35.5. The van der Waals surface area contributed by atoms with E-state index in [1.807, 2.05) is 69.3 Å². The van der Waals surface area contributed by atoms with Gasteiger partial charge in [0.2, 0.25) is 0 Å². The second-order valence-electron chi connectivity index (χ2n) is 8.88. The van der Waals surface area contributed by atoms with E-state index in [1.165, 1.54) is 18.9 Å². The fraction of sp³-hybridized carbons (Fsp3) is 0.333. The summed E-state index contributed by atoms with van der Waals surface area (Å²) in [5.41, 5.74) is 5.21. The van der Waals surface area contributed by atoms with Gasteiger partial charge < -0.3 is 10.0 Å². The van der Waals surface area contributed by atoms with Gasteiger partial charge >= 0.3 is 5.97 Å². The maximum absolute atomic E-state index is 13.4. The van der Waals surface area contributed by atoms with Crippen molar-refractivity contribution >= 4 is 40.7 Å². The van der Waals surface area contributed by atoms with Gasteiger partial charge in [-0.3, -0.25) is 10.1 Å². The van der Waals surface area contributed by atoms with Crippen LogP contribution in [0.5, 0.6) is 0 Å². The van der Waals surface area contributed by atoms with Crippen LogP contribution < -0.4 is 5.32 Å². The van der Waals surface area contributed by atoms with Gasteiger partial charge in [0.1, 0.15) is 11.0 Å². The molecule has 1 amide bonds. The third-order valence-electron chi connectivity index (χ3n) is 6.35. The van der Waals surface area contributed by atoms with Crippen LogP contribution in [0.2, 0.25) is 5.02 Å². The Morgan fingerprint density at radius 3 is 2.24 bits per heavy atom. The Bertz CT molecular complexity index is 1140. The SMILES string of the molecule is Cc1cc(C(C)NC2(Cl)CC(c3ccccc3)=CC=C2C(=O)N(C)C(C)C(=O)O)cc(C)c1Cl. The molecule has 2 aromatic carbocycles. The van der Waals surface area contributed by atoms with Crippen LogP contribution in [0.4, 0.5) is 0 Å². The predicted molar refractivity (Wildman–Crippen MR) is 138 cm³/mol. The number of aryl methyl sites for hydroxylation is 2. The van der Waals surface area contributed by atoms with E-state index in [9.17, 15) is 14.7 Å². The Labute approximate surface area is 211 Å². The predicted octanol–water partition coefficient (Wildman–Crippen LogP) is 5.89. The lowest BCUT2D eigenvalue weighted by Crippen LogP contribution is -2.51. The summed E-state index contributed by atoms with van der Waals surface area (Å²) in [5.74, 6) is -1.52. The molecule has 0 fully saturated rings. The largest absolute Gasteiger partial charge is 0.480 e. The van der Waals surface area contributed by atoms with Crippen molar-refractivity contribution in [3.8, 4) is 0 Å². The summed E-state index contributed by atoms with van der Waals surface area (Å²) in [6.45, 7) is 7.37. The number of allylic oxidation sites excluding steroid dienone is 2. The average molecular weight is 501 g/mol. The number of carbonyl (C=O) groups is 2. The average Bonchev–Trinajstić information content (AvgIpc) is 2.80. The molecule has 0 saturated carbocycles. The number of amides is 1. The minimum Gasteiger partial charge on any atom is -0.480 e. The molecular weight excluding hydrogens is 471 g/mol. The molecule has 34 heavy (non-hydrogen) atoms. The van der Waals surface area contributed by atoms with E-state index in [0.29, 0.717) is 12.0 Å². The second kappa shape index (κ2) is 10.3. The zero-order chi connectivity index (χ0) is 25.2. The summed E-state index contributed by atoms with van der Waals surface area (Å²) in [6, 6.07) is 12.7. The van der Waals surface area contributed by atoms with E-state index in [0.717, 1.165) is 32.8 Å². The quantitative estimate of drug-likeness (QED) is 0.367. The van der Waals surface area contributed by atoms with Crippen LogP contribution in [0.1, 0.15) is 48.6 Å². The van der Waals surface area contributed by atoms with E-state index >= 15 is 0 Å². The highest BCUT2D eigenvalue weighted by Gasteiger charge is 2.42. The van der Waals surface area contributed by atoms with Crippen molar-refractivity contribution in [1.29, 1.82) is 0 Å². The van der Waals surface area contributed by atoms with Crippen molar-refractivity contribution in [1.82, 2.24) is 10.2 Å². The Kier molecular flexibility index (Phi) is 7.91. The Hall–Kier alpha value is -2.60. The molecule has 0 radical (unpaired) electrons. The molecule has 0 saturated heterocycles. The first-order chi connectivity index (χ1) is 15.9. The number of aliphatic carboxylic acids is 1. The van der Waals surface area contributed by atoms with Crippen molar-refractivity contribution in [3.05, 3.63) is 87.5 Å². The first kappa shape index (κ1) is 26.0. The number of hydrogen-bond donors (Lipinski definition) is 2. The maximum Gasteiger partial charge on any atom is 0.326 e. The number of hydrogen-bond acceptors (Lipinski definition) is 3. The van der Waals surface area contributed by atoms with Crippen LogP contribution in [0.25, 0.3) is 5.57 Å². The van der Waals surface area contributed by atoms with E-state index in [-0.39, 0.29) is 6.04 Å². The molecule has 0 spiro atoms. The van der Waals surface area contributed by atoms with Crippen LogP contribution in [0.3, 0.4) is 0 Å². The van der Waals surface area contributed by atoms with Crippen LogP contribution in [-0.4, -0.2) is 40.0 Å². The van der Waals surface area contributed by atoms with Crippen molar-refractivity contribution in [2.75, 3.05) is 7.05 Å². The fourth-order valence-electron chi connectivity index (χ4n) is 4.14. The molecule has 5 nitrogen and oxygen atoms in total. The summed E-state index contributed by atoms with van der Waals surface area (Å²) < 4.78 is 0. The lowest BCUT2D eigenvalue weighted by Gasteiger charge is -2.38. The molecule has 2 N–H and O–H groups in total. The molecule has 3 atom stereocenters. The van der Waals surface area contributed by atoms with Crippen molar-refractivity contribution in [3.63, 3.8) is 0 Å².